The van der Waals surface area contributed by atoms with Crippen molar-refractivity contribution in [3.05, 3.63) is 53.7 Å². The van der Waals surface area contributed by atoms with E-state index < -0.39 is 9.84 Å². The number of nitrogens with zero attached hydrogens (tertiary/aromatic N) is 1. The summed E-state index contributed by atoms with van der Waals surface area (Å²) in [6, 6.07) is 11.8. The van der Waals surface area contributed by atoms with Crippen LogP contribution in [0.4, 0.5) is 5.82 Å². The maximum absolute atomic E-state index is 11.8. The lowest BCUT2D eigenvalue weighted by Crippen LogP contribution is -2.23. The standard InChI is InChI=1S/C17H20N2O2S/c1-22(20,21)16-7-4-10-18-17(16)19-12-13-8-9-14-5-2-3-6-15(14)11-13/h2-7,10,13H,8-9,11-12H2,1H3,(H,18,19). The molecule has 1 N–H and O–H groups in total. The van der Waals surface area contributed by atoms with Gasteiger partial charge in [-0.15, -0.1) is 0 Å². The fraction of sp³-hybridized carbons (Fsp3) is 0.353. The van der Waals surface area contributed by atoms with Gasteiger partial charge in [0, 0.05) is 19.0 Å². The highest BCUT2D eigenvalue weighted by atomic mass is 32.2. The van der Waals surface area contributed by atoms with E-state index >= 15 is 0 Å². The zero-order valence-electron chi connectivity index (χ0n) is 12.6. The molecule has 1 unspecified atom stereocenters. The van der Waals surface area contributed by atoms with Crippen LogP contribution in [-0.4, -0.2) is 26.2 Å². The van der Waals surface area contributed by atoms with Crippen LogP contribution in [0.1, 0.15) is 17.5 Å². The molecule has 0 bridgehead atoms. The summed E-state index contributed by atoms with van der Waals surface area (Å²) in [5.41, 5.74) is 2.85. The Bertz CT molecular complexity index is 772. The highest BCUT2D eigenvalue weighted by Gasteiger charge is 2.19. The molecule has 1 aromatic carbocycles. The predicted octanol–water partition coefficient (Wildman–Crippen LogP) is 2.70. The van der Waals surface area contributed by atoms with Crippen LogP contribution in [0, 0.1) is 5.92 Å². The molecular weight excluding hydrogens is 296 g/mol. The Morgan fingerprint density at radius 3 is 2.73 bits per heavy atom. The van der Waals surface area contributed by atoms with Crippen LogP contribution in [-0.2, 0) is 22.7 Å². The summed E-state index contributed by atoms with van der Waals surface area (Å²) in [7, 11) is -3.26. The molecule has 1 aliphatic carbocycles. The second-order valence-electron chi connectivity index (χ2n) is 5.88. The van der Waals surface area contributed by atoms with Crippen molar-refractivity contribution in [2.45, 2.75) is 24.2 Å². The van der Waals surface area contributed by atoms with Gasteiger partial charge in [0.05, 0.1) is 0 Å². The van der Waals surface area contributed by atoms with Gasteiger partial charge in [0.25, 0.3) is 0 Å². The average Bonchev–Trinajstić information content (AvgIpc) is 2.52. The molecule has 5 heteroatoms. The number of benzene rings is 1. The number of hydrogen-bond donors (Lipinski definition) is 1. The first-order valence-corrected chi connectivity index (χ1v) is 9.39. The minimum Gasteiger partial charge on any atom is -0.369 e. The number of anilines is 1. The van der Waals surface area contributed by atoms with Crippen molar-refractivity contribution in [1.29, 1.82) is 0 Å². The summed E-state index contributed by atoms with van der Waals surface area (Å²) in [5.74, 6) is 0.966. The van der Waals surface area contributed by atoms with Gasteiger partial charge in [0.1, 0.15) is 10.7 Å². The normalized spacial score (nSPS) is 17.8. The fourth-order valence-corrected chi connectivity index (χ4v) is 3.81. The summed E-state index contributed by atoms with van der Waals surface area (Å²) < 4.78 is 23.6. The number of nitrogens with one attached hydrogen (secondary N) is 1. The van der Waals surface area contributed by atoms with Gasteiger partial charge in [-0.05, 0) is 48.4 Å². The Hall–Kier alpha value is -1.88. The van der Waals surface area contributed by atoms with Crippen molar-refractivity contribution in [3.63, 3.8) is 0 Å². The number of aryl methyl sites for hydroxylation is 1. The number of hydrogen-bond acceptors (Lipinski definition) is 4. The lowest BCUT2D eigenvalue weighted by atomic mass is 9.84. The Morgan fingerprint density at radius 2 is 1.95 bits per heavy atom. The first-order chi connectivity index (χ1) is 10.5. The molecule has 22 heavy (non-hydrogen) atoms. The van der Waals surface area contributed by atoms with Crippen molar-refractivity contribution in [3.8, 4) is 0 Å². The van der Waals surface area contributed by atoms with E-state index in [9.17, 15) is 8.42 Å². The third kappa shape index (κ3) is 3.30. The minimum absolute atomic E-state index is 0.270. The van der Waals surface area contributed by atoms with Gasteiger partial charge in [-0.3, -0.25) is 0 Å². The number of fused-ring (bicyclic) bond motifs is 1. The molecule has 0 amide bonds. The molecule has 0 aliphatic heterocycles. The molecule has 1 heterocycles. The zero-order chi connectivity index (χ0) is 15.6. The number of rotatable bonds is 4. The van der Waals surface area contributed by atoms with Gasteiger partial charge in [-0.25, -0.2) is 13.4 Å². The number of pyridine rings is 1. The van der Waals surface area contributed by atoms with E-state index in [4.69, 9.17) is 0 Å². The van der Waals surface area contributed by atoms with E-state index in [2.05, 4.69) is 34.6 Å². The third-order valence-corrected chi connectivity index (χ3v) is 5.31. The van der Waals surface area contributed by atoms with E-state index in [0.29, 0.717) is 11.7 Å². The maximum Gasteiger partial charge on any atom is 0.179 e. The molecule has 0 saturated heterocycles. The molecule has 1 aromatic heterocycles. The molecule has 3 rings (SSSR count). The Labute approximate surface area is 131 Å². The largest absolute Gasteiger partial charge is 0.369 e. The van der Waals surface area contributed by atoms with Gasteiger partial charge in [-0.2, -0.15) is 0 Å². The van der Waals surface area contributed by atoms with E-state index in [0.717, 1.165) is 25.8 Å². The number of aromatic nitrogens is 1. The van der Waals surface area contributed by atoms with Gasteiger partial charge in [0.2, 0.25) is 0 Å². The lowest BCUT2D eigenvalue weighted by molar-refractivity contribution is 0.480. The molecule has 2 aromatic rings. The molecule has 4 nitrogen and oxygen atoms in total. The van der Waals surface area contributed by atoms with Crippen LogP contribution in [0.3, 0.4) is 0 Å². The topological polar surface area (TPSA) is 59.1 Å². The van der Waals surface area contributed by atoms with E-state index in [-0.39, 0.29) is 4.90 Å². The van der Waals surface area contributed by atoms with Crippen LogP contribution >= 0.6 is 0 Å². The second-order valence-corrected chi connectivity index (χ2v) is 7.86. The van der Waals surface area contributed by atoms with Crippen molar-refractivity contribution in [2.24, 2.45) is 5.92 Å². The maximum atomic E-state index is 11.8. The van der Waals surface area contributed by atoms with Gasteiger partial charge < -0.3 is 5.32 Å². The smallest absolute Gasteiger partial charge is 0.179 e. The highest BCUT2D eigenvalue weighted by Crippen LogP contribution is 2.26. The van der Waals surface area contributed by atoms with Crippen LogP contribution in [0.25, 0.3) is 0 Å². The first-order valence-electron chi connectivity index (χ1n) is 7.50. The zero-order valence-corrected chi connectivity index (χ0v) is 13.4. The summed E-state index contributed by atoms with van der Waals surface area (Å²) in [6.45, 7) is 0.744. The molecule has 0 fully saturated rings. The summed E-state index contributed by atoms with van der Waals surface area (Å²) in [6.07, 6.45) is 6.07. The number of sulfone groups is 1. The monoisotopic (exact) mass is 316 g/mol. The van der Waals surface area contributed by atoms with Crippen molar-refractivity contribution in [2.75, 3.05) is 18.1 Å². The van der Waals surface area contributed by atoms with Gasteiger partial charge in [-0.1, -0.05) is 24.3 Å². The van der Waals surface area contributed by atoms with E-state index in [1.807, 2.05) is 0 Å². The van der Waals surface area contributed by atoms with Gasteiger partial charge in [0.15, 0.2) is 9.84 Å². The molecule has 0 saturated carbocycles. The molecule has 1 aliphatic rings. The van der Waals surface area contributed by atoms with Crippen molar-refractivity contribution in [1.82, 2.24) is 4.98 Å². The molecule has 1 atom stereocenters. The molecule has 116 valence electrons. The summed E-state index contributed by atoms with van der Waals surface area (Å²) in [4.78, 5) is 4.45. The van der Waals surface area contributed by atoms with Crippen molar-refractivity contribution < 1.29 is 8.42 Å². The van der Waals surface area contributed by atoms with Crippen LogP contribution < -0.4 is 5.32 Å². The van der Waals surface area contributed by atoms with Crippen LogP contribution in [0.2, 0.25) is 0 Å². The van der Waals surface area contributed by atoms with Crippen molar-refractivity contribution >= 4 is 15.7 Å². The highest BCUT2D eigenvalue weighted by molar-refractivity contribution is 7.90. The SMILES string of the molecule is CS(=O)(=O)c1cccnc1NCC1CCc2ccccc2C1. The fourth-order valence-electron chi connectivity index (χ4n) is 3.01. The van der Waals surface area contributed by atoms with Crippen LogP contribution in [0.5, 0.6) is 0 Å². The molecule has 0 spiro atoms. The molecular formula is C17H20N2O2S. The average molecular weight is 316 g/mol. The van der Waals surface area contributed by atoms with E-state index in [1.165, 1.54) is 17.4 Å². The predicted molar refractivity (Wildman–Crippen MR) is 87.8 cm³/mol. The summed E-state index contributed by atoms with van der Waals surface area (Å²) >= 11 is 0. The first kappa shape index (κ1) is 15.0. The molecule has 0 radical (unpaired) electrons. The minimum atomic E-state index is -3.26. The Morgan fingerprint density at radius 1 is 1.18 bits per heavy atom. The lowest BCUT2D eigenvalue weighted by Gasteiger charge is -2.25. The quantitative estimate of drug-likeness (QED) is 0.942. The van der Waals surface area contributed by atoms with Crippen LogP contribution in [0.15, 0.2) is 47.5 Å². The Kier molecular flexibility index (Phi) is 4.16. The van der Waals surface area contributed by atoms with E-state index in [1.54, 1.807) is 18.3 Å². The van der Waals surface area contributed by atoms with Gasteiger partial charge >= 0.3 is 0 Å². The third-order valence-electron chi connectivity index (χ3n) is 4.18. The second kappa shape index (κ2) is 6.08. The summed E-state index contributed by atoms with van der Waals surface area (Å²) in [5, 5.41) is 3.23. The Balaban J connectivity index is 1.70.